The highest BCUT2D eigenvalue weighted by Crippen LogP contribution is 2.32. The van der Waals surface area contributed by atoms with Crippen LogP contribution in [0.5, 0.6) is 0 Å². The van der Waals surface area contributed by atoms with Crippen LogP contribution in [0.3, 0.4) is 0 Å². The number of amides is 2. The van der Waals surface area contributed by atoms with E-state index in [2.05, 4.69) is 5.32 Å². The molecule has 1 fully saturated rings. The van der Waals surface area contributed by atoms with E-state index in [0.717, 1.165) is 49.6 Å². The molecule has 3 aromatic rings. The Kier molecular flexibility index (Phi) is 10.1. The fourth-order valence-electron chi connectivity index (χ4n) is 5.16. The van der Waals surface area contributed by atoms with E-state index in [4.69, 9.17) is 0 Å². The molecule has 43 heavy (non-hydrogen) atoms. The summed E-state index contributed by atoms with van der Waals surface area (Å²) < 4.78 is 80.3. The van der Waals surface area contributed by atoms with Gasteiger partial charge in [0.1, 0.15) is 18.4 Å². The van der Waals surface area contributed by atoms with Crippen molar-refractivity contribution in [3.8, 4) is 0 Å². The van der Waals surface area contributed by atoms with Crippen LogP contribution < -0.4 is 9.62 Å². The van der Waals surface area contributed by atoms with Gasteiger partial charge in [-0.3, -0.25) is 13.9 Å². The van der Waals surface area contributed by atoms with Crippen molar-refractivity contribution in [1.29, 1.82) is 0 Å². The van der Waals surface area contributed by atoms with Crippen LogP contribution in [-0.4, -0.2) is 50.0 Å². The topological polar surface area (TPSA) is 86.8 Å². The molecule has 0 spiro atoms. The van der Waals surface area contributed by atoms with Crippen molar-refractivity contribution in [2.75, 3.05) is 17.1 Å². The van der Waals surface area contributed by atoms with Gasteiger partial charge in [-0.1, -0.05) is 61.4 Å². The predicted molar refractivity (Wildman–Crippen MR) is 155 cm³/mol. The predicted octanol–water partition coefficient (Wildman–Crippen LogP) is 5.31. The van der Waals surface area contributed by atoms with Crippen LogP contribution >= 0.6 is 0 Å². The zero-order valence-electron chi connectivity index (χ0n) is 23.6. The molecule has 2 amide bonds. The molecule has 0 radical (unpaired) electrons. The van der Waals surface area contributed by atoms with Gasteiger partial charge in [-0.05, 0) is 54.3 Å². The average molecular weight is 620 g/mol. The molecule has 1 saturated carbocycles. The summed E-state index contributed by atoms with van der Waals surface area (Å²) in [5, 5.41) is 3.02. The standard InChI is InChI=1S/C31H33F4N3O4S/c1-43(41,42)38(27-13-7-10-24(19-27)31(33,34)35)21-29(39)37(20-23-14-16-25(32)17-15-23)28(18-22-8-3-2-4-9-22)30(40)36-26-11-5-6-12-26/h2-4,7-10,13-17,19,26,28H,5-6,11-12,18,20-21H2,1H3,(H,36,40). The van der Waals surface area contributed by atoms with Gasteiger partial charge in [-0.15, -0.1) is 0 Å². The summed E-state index contributed by atoms with van der Waals surface area (Å²) in [4.78, 5) is 29.0. The van der Waals surface area contributed by atoms with Crippen LogP contribution in [0.1, 0.15) is 42.4 Å². The van der Waals surface area contributed by atoms with Crippen LogP contribution in [0.15, 0.2) is 78.9 Å². The van der Waals surface area contributed by atoms with E-state index in [-0.39, 0.29) is 24.7 Å². The molecule has 4 rings (SSSR count). The third kappa shape index (κ3) is 8.79. The molecule has 0 bridgehead atoms. The summed E-state index contributed by atoms with van der Waals surface area (Å²) >= 11 is 0. The third-order valence-electron chi connectivity index (χ3n) is 7.38. The molecule has 12 heteroatoms. The highest BCUT2D eigenvalue weighted by atomic mass is 32.2. The zero-order chi connectivity index (χ0) is 31.2. The first-order valence-electron chi connectivity index (χ1n) is 13.8. The SMILES string of the molecule is CS(=O)(=O)N(CC(=O)N(Cc1ccc(F)cc1)C(Cc1ccccc1)C(=O)NC1CCCC1)c1cccc(C(F)(F)F)c1. The monoisotopic (exact) mass is 619 g/mol. The van der Waals surface area contributed by atoms with Gasteiger partial charge < -0.3 is 10.2 Å². The molecular formula is C31H33F4N3O4S. The minimum Gasteiger partial charge on any atom is -0.352 e. The average Bonchev–Trinajstić information content (AvgIpc) is 3.47. The second-order valence-corrected chi connectivity index (χ2v) is 12.6. The molecule has 230 valence electrons. The van der Waals surface area contributed by atoms with E-state index in [0.29, 0.717) is 15.9 Å². The van der Waals surface area contributed by atoms with E-state index < -0.39 is 52.0 Å². The molecule has 3 aromatic carbocycles. The molecule has 0 aromatic heterocycles. The summed E-state index contributed by atoms with van der Waals surface area (Å²) in [5.41, 5.74) is -0.204. The molecule has 1 aliphatic rings. The minimum absolute atomic E-state index is 0.0776. The van der Waals surface area contributed by atoms with Crippen LogP contribution in [0, 0.1) is 5.82 Å². The number of rotatable bonds is 11. The summed E-state index contributed by atoms with van der Waals surface area (Å²) in [6, 6.07) is 16.8. The number of alkyl halides is 3. The van der Waals surface area contributed by atoms with Crippen LogP contribution in [0.4, 0.5) is 23.2 Å². The van der Waals surface area contributed by atoms with Crippen molar-refractivity contribution in [2.45, 2.75) is 56.9 Å². The van der Waals surface area contributed by atoms with Gasteiger partial charge in [0, 0.05) is 19.0 Å². The second-order valence-electron chi connectivity index (χ2n) is 10.7. The summed E-state index contributed by atoms with van der Waals surface area (Å²) in [7, 11) is -4.24. The van der Waals surface area contributed by atoms with Crippen LogP contribution in [0.2, 0.25) is 0 Å². The summed E-state index contributed by atoms with van der Waals surface area (Å²) in [6.45, 7) is -1.03. The van der Waals surface area contributed by atoms with Gasteiger partial charge in [0.15, 0.2) is 0 Å². The maximum absolute atomic E-state index is 14.0. The Morgan fingerprint density at radius 2 is 1.58 bits per heavy atom. The van der Waals surface area contributed by atoms with Crippen LogP contribution in [0.25, 0.3) is 0 Å². The van der Waals surface area contributed by atoms with Crippen molar-refractivity contribution >= 4 is 27.5 Å². The number of carbonyl (C=O) groups is 2. The van der Waals surface area contributed by atoms with Gasteiger partial charge in [-0.25, -0.2) is 12.8 Å². The van der Waals surface area contributed by atoms with Crippen molar-refractivity contribution in [3.63, 3.8) is 0 Å². The largest absolute Gasteiger partial charge is 0.416 e. The molecule has 0 saturated heterocycles. The Labute approximate surface area is 248 Å². The van der Waals surface area contributed by atoms with Gasteiger partial charge >= 0.3 is 6.18 Å². The van der Waals surface area contributed by atoms with Crippen molar-refractivity contribution in [3.05, 3.63) is 101 Å². The Hall–Kier alpha value is -3.93. The number of anilines is 1. The number of halogens is 4. The Bertz CT molecular complexity index is 1510. The number of sulfonamides is 1. The number of nitrogens with one attached hydrogen (secondary N) is 1. The molecular weight excluding hydrogens is 586 g/mol. The van der Waals surface area contributed by atoms with Crippen molar-refractivity contribution in [1.82, 2.24) is 10.2 Å². The quantitative estimate of drug-likeness (QED) is 0.295. The molecule has 1 unspecified atom stereocenters. The molecule has 0 heterocycles. The summed E-state index contributed by atoms with van der Waals surface area (Å²) in [5.74, 6) is -1.75. The Balaban J connectivity index is 1.73. The van der Waals surface area contributed by atoms with Gasteiger partial charge in [-0.2, -0.15) is 13.2 Å². The second kappa shape index (κ2) is 13.6. The first kappa shape index (κ1) is 32.0. The fourth-order valence-corrected chi connectivity index (χ4v) is 6.00. The maximum Gasteiger partial charge on any atom is 0.416 e. The van der Waals surface area contributed by atoms with Crippen molar-refractivity contribution in [2.24, 2.45) is 0 Å². The summed E-state index contributed by atoms with van der Waals surface area (Å²) in [6.07, 6.45) is -0.384. The zero-order valence-corrected chi connectivity index (χ0v) is 24.4. The lowest BCUT2D eigenvalue weighted by molar-refractivity contribution is -0.140. The number of hydrogen-bond acceptors (Lipinski definition) is 4. The molecule has 7 nitrogen and oxygen atoms in total. The Morgan fingerprint density at radius 3 is 2.19 bits per heavy atom. The molecule has 1 aliphatic carbocycles. The highest BCUT2D eigenvalue weighted by molar-refractivity contribution is 7.92. The minimum atomic E-state index is -4.74. The van der Waals surface area contributed by atoms with Gasteiger partial charge in [0.25, 0.3) is 0 Å². The van der Waals surface area contributed by atoms with Gasteiger partial charge in [0.2, 0.25) is 21.8 Å². The lowest BCUT2D eigenvalue weighted by atomic mass is 10.0. The fraction of sp³-hybridized carbons (Fsp3) is 0.355. The molecule has 1 N–H and O–H groups in total. The normalized spacial score (nSPS) is 14.7. The Morgan fingerprint density at radius 1 is 0.930 bits per heavy atom. The van der Waals surface area contributed by atoms with Crippen molar-refractivity contribution < 1.29 is 35.6 Å². The first-order chi connectivity index (χ1) is 20.3. The highest BCUT2D eigenvalue weighted by Gasteiger charge is 2.35. The van der Waals surface area contributed by atoms with E-state index in [1.807, 2.05) is 0 Å². The van der Waals surface area contributed by atoms with E-state index in [1.54, 1.807) is 30.3 Å². The number of nitrogens with zero attached hydrogens (tertiary/aromatic N) is 2. The number of benzene rings is 3. The van der Waals surface area contributed by atoms with E-state index in [1.165, 1.54) is 35.2 Å². The lowest BCUT2D eigenvalue weighted by Crippen LogP contribution is -2.54. The maximum atomic E-state index is 14.0. The third-order valence-corrected chi connectivity index (χ3v) is 8.52. The number of hydrogen-bond donors (Lipinski definition) is 1. The van der Waals surface area contributed by atoms with Gasteiger partial charge in [0.05, 0.1) is 17.5 Å². The molecule has 0 aliphatic heterocycles. The van der Waals surface area contributed by atoms with Crippen LogP contribution in [-0.2, 0) is 38.8 Å². The first-order valence-corrected chi connectivity index (χ1v) is 15.7. The smallest absolute Gasteiger partial charge is 0.352 e. The number of carbonyl (C=O) groups excluding carboxylic acids is 2. The lowest BCUT2D eigenvalue weighted by Gasteiger charge is -2.34. The van der Waals surface area contributed by atoms with E-state index in [9.17, 15) is 35.6 Å². The van der Waals surface area contributed by atoms with E-state index >= 15 is 0 Å². The molecule has 1 atom stereocenters.